The van der Waals surface area contributed by atoms with Gasteiger partial charge >= 0.3 is 0 Å². The second-order valence-electron chi connectivity index (χ2n) is 3.00. The molecular weight excluding hydrogens is 214 g/mol. The van der Waals surface area contributed by atoms with Crippen molar-refractivity contribution in [1.82, 2.24) is 9.97 Å². The van der Waals surface area contributed by atoms with Gasteiger partial charge in [-0.25, -0.2) is 9.97 Å². The number of aromatic nitrogens is 2. The summed E-state index contributed by atoms with van der Waals surface area (Å²) in [5.41, 5.74) is 0.253. The molecule has 1 heterocycles. The molecule has 0 fully saturated rings. The molecule has 5 heteroatoms. The van der Waals surface area contributed by atoms with Crippen molar-refractivity contribution in [3.8, 4) is 12.3 Å². The van der Waals surface area contributed by atoms with E-state index in [-0.39, 0.29) is 16.8 Å². The standard InChI is InChI=1S/C10H10ClN3O/c1-3-4-7(2)14-10-8(5-15)9(11)12-6-13-10/h1,5-7H,4H2,2H3,(H,12,13,14). The second kappa shape index (κ2) is 5.32. The molecule has 0 aliphatic heterocycles. The predicted molar refractivity (Wildman–Crippen MR) is 59.0 cm³/mol. The quantitative estimate of drug-likeness (QED) is 0.480. The third-order valence-electron chi connectivity index (χ3n) is 1.76. The number of anilines is 1. The van der Waals surface area contributed by atoms with Gasteiger partial charge in [0, 0.05) is 12.5 Å². The first kappa shape index (κ1) is 11.5. The van der Waals surface area contributed by atoms with Gasteiger partial charge in [0.1, 0.15) is 17.3 Å². The zero-order valence-electron chi connectivity index (χ0n) is 8.20. The maximum atomic E-state index is 10.7. The highest BCUT2D eigenvalue weighted by molar-refractivity contribution is 6.32. The van der Waals surface area contributed by atoms with E-state index in [9.17, 15) is 4.79 Å². The maximum Gasteiger partial charge on any atom is 0.156 e. The number of terminal acetylenes is 1. The number of hydrogen-bond donors (Lipinski definition) is 1. The summed E-state index contributed by atoms with van der Waals surface area (Å²) >= 11 is 5.73. The molecule has 15 heavy (non-hydrogen) atoms. The Hall–Kier alpha value is -1.60. The van der Waals surface area contributed by atoms with Gasteiger partial charge in [-0.15, -0.1) is 12.3 Å². The molecule has 0 spiro atoms. The summed E-state index contributed by atoms with van der Waals surface area (Å²) in [6.45, 7) is 1.89. The molecule has 78 valence electrons. The average Bonchev–Trinajstić information content (AvgIpc) is 2.18. The molecule has 1 rings (SSSR count). The molecule has 1 aromatic heterocycles. The van der Waals surface area contributed by atoms with E-state index >= 15 is 0 Å². The van der Waals surface area contributed by atoms with Crippen molar-refractivity contribution in [2.45, 2.75) is 19.4 Å². The topological polar surface area (TPSA) is 54.9 Å². The van der Waals surface area contributed by atoms with Crippen LogP contribution in [0, 0.1) is 12.3 Å². The Kier molecular flexibility index (Phi) is 4.07. The second-order valence-corrected chi connectivity index (χ2v) is 3.36. The first-order valence-corrected chi connectivity index (χ1v) is 4.72. The van der Waals surface area contributed by atoms with E-state index < -0.39 is 0 Å². The Morgan fingerprint density at radius 3 is 3.07 bits per heavy atom. The van der Waals surface area contributed by atoms with Gasteiger partial charge in [0.15, 0.2) is 6.29 Å². The van der Waals surface area contributed by atoms with Gasteiger partial charge < -0.3 is 5.32 Å². The molecule has 0 amide bonds. The van der Waals surface area contributed by atoms with Crippen molar-refractivity contribution < 1.29 is 4.79 Å². The van der Waals surface area contributed by atoms with Crippen LogP contribution >= 0.6 is 11.6 Å². The molecule has 1 N–H and O–H groups in total. The smallest absolute Gasteiger partial charge is 0.156 e. The molecule has 0 saturated carbocycles. The predicted octanol–water partition coefficient (Wildman–Crippen LogP) is 1.77. The summed E-state index contributed by atoms with van der Waals surface area (Å²) in [6, 6.07) is 0.0275. The highest BCUT2D eigenvalue weighted by atomic mass is 35.5. The minimum atomic E-state index is 0.0275. The highest BCUT2D eigenvalue weighted by Crippen LogP contribution is 2.18. The number of carbonyl (C=O) groups excluding carboxylic acids is 1. The average molecular weight is 224 g/mol. The van der Waals surface area contributed by atoms with Crippen LogP contribution in [0.2, 0.25) is 5.15 Å². The monoisotopic (exact) mass is 223 g/mol. The molecule has 0 saturated heterocycles. The first-order chi connectivity index (χ1) is 7.19. The number of carbonyl (C=O) groups is 1. The van der Waals surface area contributed by atoms with Crippen LogP contribution in [0.25, 0.3) is 0 Å². The van der Waals surface area contributed by atoms with E-state index in [0.29, 0.717) is 18.5 Å². The summed E-state index contributed by atoms with van der Waals surface area (Å²) in [5.74, 6) is 2.92. The number of nitrogens with one attached hydrogen (secondary N) is 1. The number of hydrogen-bond acceptors (Lipinski definition) is 4. The first-order valence-electron chi connectivity index (χ1n) is 4.34. The molecule has 0 aromatic carbocycles. The molecule has 0 bridgehead atoms. The van der Waals surface area contributed by atoms with Gasteiger partial charge in [0.2, 0.25) is 0 Å². The molecule has 0 radical (unpaired) electrons. The zero-order chi connectivity index (χ0) is 11.3. The summed E-state index contributed by atoms with van der Waals surface area (Å²) < 4.78 is 0. The minimum absolute atomic E-state index is 0.0275. The van der Waals surface area contributed by atoms with Crippen LogP contribution in [-0.2, 0) is 0 Å². The Morgan fingerprint density at radius 1 is 1.73 bits per heavy atom. The van der Waals surface area contributed by atoms with Gasteiger partial charge in [-0.1, -0.05) is 11.6 Å². The van der Waals surface area contributed by atoms with Crippen molar-refractivity contribution in [3.63, 3.8) is 0 Å². The Morgan fingerprint density at radius 2 is 2.47 bits per heavy atom. The third-order valence-corrected chi connectivity index (χ3v) is 2.06. The van der Waals surface area contributed by atoms with Crippen LogP contribution in [0.4, 0.5) is 5.82 Å². The van der Waals surface area contributed by atoms with E-state index in [2.05, 4.69) is 21.2 Å². The fourth-order valence-electron chi connectivity index (χ4n) is 1.05. The molecule has 0 aliphatic rings. The fraction of sp³-hybridized carbons (Fsp3) is 0.300. The van der Waals surface area contributed by atoms with E-state index in [0.717, 1.165) is 0 Å². The Bertz CT molecular complexity index is 400. The Balaban J connectivity index is 2.90. The minimum Gasteiger partial charge on any atom is -0.366 e. The van der Waals surface area contributed by atoms with E-state index in [1.807, 2.05) is 6.92 Å². The van der Waals surface area contributed by atoms with Gasteiger partial charge in [-0.05, 0) is 6.92 Å². The lowest BCUT2D eigenvalue weighted by molar-refractivity contribution is 0.112. The van der Waals surface area contributed by atoms with Crippen LogP contribution in [0.3, 0.4) is 0 Å². The molecule has 1 unspecified atom stereocenters. The van der Waals surface area contributed by atoms with Gasteiger partial charge in [-0.3, -0.25) is 4.79 Å². The van der Waals surface area contributed by atoms with Crippen molar-refractivity contribution >= 4 is 23.7 Å². The van der Waals surface area contributed by atoms with Gasteiger partial charge in [0.25, 0.3) is 0 Å². The van der Waals surface area contributed by atoms with Crippen LogP contribution in [0.5, 0.6) is 0 Å². The van der Waals surface area contributed by atoms with E-state index in [4.69, 9.17) is 18.0 Å². The third kappa shape index (κ3) is 2.93. The molecule has 1 aromatic rings. The van der Waals surface area contributed by atoms with E-state index in [1.165, 1.54) is 6.33 Å². The van der Waals surface area contributed by atoms with Gasteiger partial charge in [-0.2, -0.15) is 0 Å². The van der Waals surface area contributed by atoms with Crippen molar-refractivity contribution in [3.05, 3.63) is 17.0 Å². The summed E-state index contributed by atoms with van der Waals surface area (Å²) in [7, 11) is 0. The fourth-order valence-corrected chi connectivity index (χ4v) is 1.23. The lowest BCUT2D eigenvalue weighted by Gasteiger charge is -2.12. The number of nitrogens with zero attached hydrogens (tertiary/aromatic N) is 2. The van der Waals surface area contributed by atoms with Crippen molar-refractivity contribution in [2.75, 3.05) is 5.32 Å². The lowest BCUT2D eigenvalue weighted by Crippen LogP contribution is -2.16. The molecule has 0 aliphatic carbocycles. The van der Waals surface area contributed by atoms with E-state index in [1.54, 1.807) is 0 Å². The van der Waals surface area contributed by atoms with Crippen LogP contribution < -0.4 is 5.32 Å². The normalized spacial score (nSPS) is 11.5. The maximum absolute atomic E-state index is 10.7. The lowest BCUT2D eigenvalue weighted by atomic mass is 10.2. The SMILES string of the molecule is C#CCC(C)Nc1ncnc(Cl)c1C=O. The highest BCUT2D eigenvalue weighted by Gasteiger charge is 2.10. The Labute approximate surface area is 93.1 Å². The van der Waals surface area contributed by atoms with Crippen LogP contribution in [0.15, 0.2) is 6.33 Å². The zero-order valence-corrected chi connectivity index (χ0v) is 8.95. The summed E-state index contributed by atoms with van der Waals surface area (Å²) in [6.07, 6.45) is 7.62. The van der Waals surface area contributed by atoms with Crippen molar-refractivity contribution in [2.24, 2.45) is 0 Å². The molecule has 1 atom stereocenters. The number of aldehydes is 1. The molecular formula is C10H10ClN3O. The van der Waals surface area contributed by atoms with Crippen molar-refractivity contribution in [1.29, 1.82) is 0 Å². The van der Waals surface area contributed by atoms with Crippen LogP contribution in [-0.4, -0.2) is 22.3 Å². The molecule has 4 nitrogen and oxygen atoms in total. The number of rotatable bonds is 4. The number of halogens is 1. The van der Waals surface area contributed by atoms with Gasteiger partial charge in [0.05, 0.1) is 5.56 Å². The summed E-state index contributed by atoms with van der Waals surface area (Å²) in [4.78, 5) is 18.4. The van der Waals surface area contributed by atoms with Crippen LogP contribution in [0.1, 0.15) is 23.7 Å². The largest absolute Gasteiger partial charge is 0.366 e. The summed E-state index contributed by atoms with van der Waals surface area (Å²) in [5, 5.41) is 3.13.